The first-order valence-corrected chi connectivity index (χ1v) is 8.02. The zero-order valence-electron chi connectivity index (χ0n) is 11.2. The maximum Gasteiger partial charge on any atom is 0.338 e. The van der Waals surface area contributed by atoms with Crippen LogP contribution < -0.4 is 14.3 Å². The van der Waals surface area contributed by atoms with Crippen LogP contribution >= 0.6 is 7.52 Å². The average molecular weight is 295 g/mol. The lowest BCUT2D eigenvalue weighted by Crippen LogP contribution is -2.04. The molecule has 20 heavy (non-hydrogen) atoms. The Balaban J connectivity index is 2.19. The van der Waals surface area contributed by atoms with Crippen molar-refractivity contribution in [3.05, 3.63) is 54.3 Å². The molecule has 1 atom stereocenters. The summed E-state index contributed by atoms with van der Waals surface area (Å²) in [7, 11) is -1.78. The number of para-hydroxylation sites is 3. The Hall–Kier alpha value is -2.00. The molecule has 0 aliphatic rings. The molecule has 0 saturated carbocycles. The van der Waals surface area contributed by atoms with Gasteiger partial charge >= 0.3 is 7.52 Å². The van der Waals surface area contributed by atoms with Gasteiger partial charge in [0.15, 0.2) is 11.5 Å². The third-order valence-electron chi connectivity index (χ3n) is 2.54. The minimum Gasteiger partial charge on any atom is -0.493 e. The molecule has 0 saturated heterocycles. The third kappa shape index (κ3) is 3.52. The van der Waals surface area contributed by atoms with E-state index in [-0.39, 0.29) is 5.69 Å². The van der Waals surface area contributed by atoms with Crippen LogP contribution in [0.4, 0.5) is 10.1 Å². The highest BCUT2D eigenvalue weighted by atomic mass is 31.2. The Kier molecular flexibility index (Phi) is 4.30. The number of ether oxygens (including phenoxy) is 1. The minimum absolute atomic E-state index is 0.133. The van der Waals surface area contributed by atoms with E-state index in [1.165, 1.54) is 25.9 Å². The molecule has 0 aromatic heterocycles. The van der Waals surface area contributed by atoms with Crippen LogP contribution in [0.3, 0.4) is 0 Å². The van der Waals surface area contributed by atoms with Crippen molar-refractivity contribution in [2.24, 2.45) is 0 Å². The summed E-state index contributed by atoms with van der Waals surface area (Å²) in [6.07, 6.45) is 0. The summed E-state index contributed by atoms with van der Waals surface area (Å²) in [6, 6.07) is 12.8. The van der Waals surface area contributed by atoms with Crippen LogP contribution in [-0.4, -0.2) is 13.8 Å². The van der Waals surface area contributed by atoms with Crippen LogP contribution in [0.2, 0.25) is 0 Å². The lowest BCUT2D eigenvalue weighted by molar-refractivity contribution is 0.391. The van der Waals surface area contributed by atoms with E-state index >= 15 is 0 Å². The van der Waals surface area contributed by atoms with Gasteiger partial charge in [-0.2, -0.15) is 0 Å². The summed E-state index contributed by atoms with van der Waals surface area (Å²) < 4.78 is 36.5. The van der Waals surface area contributed by atoms with Crippen molar-refractivity contribution in [1.82, 2.24) is 0 Å². The molecule has 1 N–H and O–H groups in total. The number of hydrogen-bond acceptors (Lipinski definition) is 3. The molecule has 0 spiro atoms. The maximum absolute atomic E-state index is 13.5. The van der Waals surface area contributed by atoms with Crippen LogP contribution in [0.15, 0.2) is 48.5 Å². The summed E-state index contributed by atoms with van der Waals surface area (Å²) in [6.45, 7) is 1.38. The molecule has 0 radical (unpaired) electrons. The van der Waals surface area contributed by atoms with Gasteiger partial charge in [-0.1, -0.05) is 24.3 Å². The zero-order chi connectivity index (χ0) is 14.6. The van der Waals surface area contributed by atoms with E-state index in [0.29, 0.717) is 11.5 Å². The number of benzene rings is 2. The van der Waals surface area contributed by atoms with Crippen LogP contribution in [0, 0.1) is 5.82 Å². The second-order valence-electron chi connectivity index (χ2n) is 4.18. The van der Waals surface area contributed by atoms with Crippen molar-refractivity contribution < 1.29 is 18.2 Å². The molecule has 0 unspecified atom stereocenters. The van der Waals surface area contributed by atoms with E-state index in [2.05, 4.69) is 5.09 Å². The first-order valence-electron chi connectivity index (χ1n) is 5.95. The largest absolute Gasteiger partial charge is 0.493 e. The minimum atomic E-state index is -3.27. The van der Waals surface area contributed by atoms with Crippen molar-refractivity contribution in [3.8, 4) is 11.5 Å². The van der Waals surface area contributed by atoms with E-state index < -0.39 is 13.3 Å². The van der Waals surface area contributed by atoms with Crippen molar-refractivity contribution >= 4 is 13.2 Å². The van der Waals surface area contributed by atoms with Crippen LogP contribution in [0.25, 0.3) is 0 Å². The van der Waals surface area contributed by atoms with Gasteiger partial charge < -0.3 is 14.3 Å². The van der Waals surface area contributed by atoms with Gasteiger partial charge in [0.05, 0.1) is 12.8 Å². The fourth-order valence-electron chi connectivity index (χ4n) is 1.68. The second-order valence-corrected chi connectivity index (χ2v) is 6.28. The molecule has 0 aliphatic heterocycles. The normalized spacial score (nSPS) is 13.3. The standard InChI is InChI=1S/C14H15FNO3P/c1-18-13-9-5-6-10-14(13)19-20(2,17)16-12-8-4-3-7-11(12)15/h3-10H,1-2H3,(H,16,17)/t20-/m1/s1. The van der Waals surface area contributed by atoms with Gasteiger partial charge in [0.1, 0.15) is 5.82 Å². The summed E-state index contributed by atoms with van der Waals surface area (Å²) in [5.41, 5.74) is 0.133. The Morgan fingerprint density at radius 2 is 1.65 bits per heavy atom. The molecule has 0 aliphatic carbocycles. The van der Waals surface area contributed by atoms with Crippen LogP contribution in [-0.2, 0) is 4.57 Å². The molecule has 4 nitrogen and oxygen atoms in total. The van der Waals surface area contributed by atoms with Gasteiger partial charge in [-0.3, -0.25) is 4.57 Å². The first-order chi connectivity index (χ1) is 9.52. The van der Waals surface area contributed by atoms with Gasteiger partial charge in [-0.15, -0.1) is 0 Å². The zero-order valence-corrected chi connectivity index (χ0v) is 12.1. The fourth-order valence-corrected chi connectivity index (χ4v) is 2.87. The van der Waals surface area contributed by atoms with Crippen molar-refractivity contribution in [2.75, 3.05) is 18.9 Å². The highest BCUT2D eigenvalue weighted by Crippen LogP contribution is 2.46. The number of hydrogen-bond donors (Lipinski definition) is 1. The molecule has 0 bridgehead atoms. The summed E-state index contributed by atoms with van der Waals surface area (Å²) in [4.78, 5) is 0. The van der Waals surface area contributed by atoms with Gasteiger partial charge in [-0.05, 0) is 24.3 Å². The van der Waals surface area contributed by atoms with Gasteiger partial charge in [-0.25, -0.2) is 4.39 Å². The predicted octanol–water partition coefficient (Wildman–Crippen LogP) is 4.15. The molecule has 0 amide bonds. The number of methoxy groups -OCH3 is 1. The summed E-state index contributed by atoms with van der Waals surface area (Å²) >= 11 is 0. The Morgan fingerprint density at radius 3 is 2.30 bits per heavy atom. The molecule has 2 rings (SSSR count). The number of anilines is 1. The van der Waals surface area contributed by atoms with Crippen LogP contribution in [0.5, 0.6) is 11.5 Å². The Morgan fingerprint density at radius 1 is 1.05 bits per heavy atom. The Labute approximate surface area is 117 Å². The monoisotopic (exact) mass is 295 g/mol. The summed E-state index contributed by atoms with van der Waals surface area (Å²) in [5, 5.41) is 2.59. The number of rotatable bonds is 5. The predicted molar refractivity (Wildman–Crippen MR) is 77.2 cm³/mol. The second kappa shape index (κ2) is 5.97. The van der Waals surface area contributed by atoms with E-state index in [1.54, 1.807) is 36.4 Å². The molecular formula is C14H15FNO3P. The van der Waals surface area contributed by atoms with E-state index in [9.17, 15) is 8.96 Å². The molecule has 106 valence electrons. The van der Waals surface area contributed by atoms with Gasteiger partial charge in [0.2, 0.25) is 0 Å². The molecule has 6 heteroatoms. The van der Waals surface area contributed by atoms with Crippen molar-refractivity contribution in [1.29, 1.82) is 0 Å². The summed E-state index contributed by atoms with van der Waals surface area (Å²) in [5.74, 6) is 0.313. The van der Waals surface area contributed by atoms with E-state index in [0.717, 1.165) is 0 Å². The Bertz CT molecular complexity index is 648. The van der Waals surface area contributed by atoms with Gasteiger partial charge in [0, 0.05) is 6.66 Å². The lowest BCUT2D eigenvalue weighted by atomic mass is 10.3. The fraction of sp³-hybridized carbons (Fsp3) is 0.143. The number of halogens is 1. The third-order valence-corrected chi connectivity index (χ3v) is 3.73. The molecule has 0 fully saturated rings. The van der Waals surface area contributed by atoms with E-state index in [1.807, 2.05) is 0 Å². The molecular weight excluding hydrogens is 280 g/mol. The van der Waals surface area contributed by atoms with Crippen molar-refractivity contribution in [2.45, 2.75) is 0 Å². The highest BCUT2D eigenvalue weighted by molar-refractivity contribution is 7.60. The smallest absolute Gasteiger partial charge is 0.338 e. The maximum atomic E-state index is 13.5. The van der Waals surface area contributed by atoms with Gasteiger partial charge in [0.25, 0.3) is 0 Å². The average Bonchev–Trinajstić information content (AvgIpc) is 2.41. The number of nitrogens with one attached hydrogen (secondary N) is 1. The lowest BCUT2D eigenvalue weighted by Gasteiger charge is -2.19. The first kappa shape index (κ1) is 14.4. The quantitative estimate of drug-likeness (QED) is 0.842. The molecule has 0 heterocycles. The highest BCUT2D eigenvalue weighted by Gasteiger charge is 2.20. The van der Waals surface area contributed by atoms with Crippen LogP contribution in [0.1, 0.15) is 0 Å². The topological polar surface area (TPSA) is 47.6 Å². The van der Waals surface area contributed by atoms with E-state index in [4.69, 9.17) is 9.26 Å². The van der Waals surface area contributed by atoms with Crippen molar-refractivity contribution in [3.63, 3.8) is 0 Å². The SMILES string of the molecule is COc1ccccc1O[P@@](C)(=O)Nc1ccccc1F. The molecule has 2 aromatic carbocycles. The molecule has 2 aromatic rings.